The van der Waals surface area contributed by atoms with E-state index in [4.69, 9.17) is 0 Å². The van der Waals surface area contributed by atoms with E-state index < -0.39 is 52.0 Å². The number of alkyl halides is 3. The fourth-order valence-electron chi connectivity index (χ4n) is 12.5. The van der Waals surface area contributed by atoms with Gasteiger partial charge in [0.25, 0.3) is 0 Å². The average molecular weight is 1330 g/mol. The highest BCUT2D eigenvalue weighted by Gasteiger charge is 2.40. The monoisotopic (exact) mass is 1330 g/mol. The van der Waals surface area contributed by atoms with Gasteiger partial charge in [0.1, 0.15) is 0 Å². The summed E-state index contributed by atoms with van der Waals surface area (Å²) in [5, 5.41) is 32.0. The zero-order valence-electron chi connectivity index (χ0n) is 50.4. The van der Waals surface area contributed by atoms with E-state index in [0.29, 0.717) is 89.9 Å². The molecule has 5 aromatic carbocycles. The van der Waals surface area contributed by atoms with Crippen LogP contribution in [0.25, 0.3) is 43.6 Å². The molecule has 4 aromatic heterocycles. The van der Waals surface area contributed by atoms with Crippen molar-refractivity contribution in [3.05, 3.63) is 128 Å². The number of sulfonamides is 4. The highest BCUT2D eigenvalue weighted by Crippen LogP contribution is 2.33. The number of H-pyrrole nitrogens is 4. The molecule has 4 aliphatic heterocycles. The van der Waals surface area contributed by atoms with Gasteiger partial charge in [-0.2, -0.15) is 50.8 Å². The maximum atomic E-state index is 12.7. The SMILES string of the molecule is CCCS(=O)(=O)N1CCN(c2cccc3[nH]ncc23)CC1.O=S(=O)(C1CCCC1)N1CCN(c2cccc3[nH]ncc23)CC1.O=S(=O)(CC(F)(F)F)N1CCN(c2cccc3[nH]ncc23)CC1.O=S(=O)(c1ccccc1)N1CCN(c2cccc3[nH]ncc23)CC1. The Morgan fingerprint density at radius 3 is 1.09 bits per heavy atom. The van der Waals surface area contributed by atoms with Crippen LogP contribution in [0.1, 0.15) is 39.0 Å². The fraction of sp³-hybridized carbons (Fsp3) is 0.433. The summed E-state index contributed by atoms with van der Waals surface area (Å²) in [7, 11) is -13.9. The molecule has 5 fully saturated rings. The quantitative estimate of drug-likeness (QED) is 0.0901. The summed E-state index contributed by atoms with van der Waals surface area (Å²) in [4.78, 5) is 9.02. The maximum absolute atomic E-state index is 12.7. The third kappa shape index (κ3) is 14.9. The number of aromatic amines is 4. The van der Waals surface area contributed by atoms with E-state index in [0.717, 1.165) is 109 Å². The van der Waals surface area contributed by atoms with Crippen LogP contribution in [0.2, 0.25) is 0 Å². The normalized spacial score (nSPS) is 18.3. The number of hydrogen-bond acceptors (Lipinski definition) is 16. The van der Waals surface area contributed by atoms with Crippen molar-refractivity contribution in [2.75, 3.05) is 136 Å². The molecule has 1 saturated carbocycles. The summed E-state index contributed by atoms with van der Waals surface area (Å²) >= 11 is 0. The van der Waals surface area contributed by atoms with Crippen molar-refractivity contribution in [1.82, 2.24) is 58.0 Å². The Kier molecular flexibility index (Phi) is 19.9. The van der Waals surface area contributed by atoms with Crippen LogP contribution in [0.3, 0.4) is 0 Å². The Bertz CT molecular complexity index is 4360. The number of benzene rings is 5. The second-order valence-electron chi connectivity index (χ2n) is 22.9. The predicted octanol–water partition coefficient (Wildman–Crippen LogP) is 7.03. The lowest BCUT2D eigenvalue weighted by atomic mass is 10.2. The lowest BCUT2D eigenvalue weighted by molar-refractivity contribution is -0.107. The van der Waals surface area contributed by atoms with Crippen LogP contribution < -0.4 is 19.6 Å². The number of anilines is 4. The summed E-state index contributed by atoms with van der Waals surface area (Å²) in [6.45, 7) is 10.1. The van der Waals surface area contributed by atoms with Gasteiger partial charge in [0.2, 0.25) is 40.1 Å². The third-order valence-electron chi connectivity index (χ3n) is 17.2. The van der Waals surface area contributed by atoms with Gasteiger partial charge in [-0.3, -0.25) is 20.4 Å². The van der Waals surface area contributed by atoms with Crippen LogP contribution in [0.4, 0.5) is 35.9 Å². The molecule has 0 spiro atoms. The summed E-state index contributed by atoms with van der Waals surface area (Å²) in [6.07, 6.45) is 6.86. The van der Waals surface area contributed by atoms with E-state index in [1.165, 1.54) is 0 Å². The number of aromatic nitrogens is 8. The zero-order valence-corrected chi connectivity index (χ0v) is 53.6. The number of piperazine rings is 4. The van der Waals surface area contributed by atoms with Crippen LogP contribution in [0, 0.1) is 0 Å². The summed E-state index contributed by atoms with van der Waals surface area (Å²) in [5.41, 5.74) is 8.11. The van der Waals surface area contributed by atoms with Crippen molar-refractivity contribution in [2.24, 2.45) is 0 Å². The van der Waals surface area contributed by atoms with Crippen molar-refractivity contribution >= 4 is 106 Å². The minimum absolute atomic E-state index is 0.0344. The first-order valence-electron chi connectivity index (χ1n) is 30.4. The van der Waals surface area contributed by atoms with Crippen LogP contribution in [-0.4, -0.2) is 219 Å². The summed E-state index contributed by atoms with van der Waals surface area (Å²) < 4.78 is 141. The van der Waals surface area contributed by atoms with Gasteiger partial charge >= 0.3 is 6.18 Å². The van der Waals surface area contributed by atoms with E-state index >= 15 is 0 Å². The maximum Gasteiger partial charge on any atom is 0.404 e. The third-order valence-corrected chi connectivity index (χ3v) is 25.5. The Morgan fingerprint density at radius 2 is 0.747 bits per heavy atom. The van der Waals surface area contributed by atoms with Gasteiger partial charge in [0, 0.05) is 149 Å². The Hall–Kier alpha value is -7.39. The van der Waals surface area contributed by atoms with Gasteiger partial charge in [-0.25, -0.2) is 33.7 Å². The first kappa shape index (κ1) is 65.1. The standard InChI is InChI=1S/C17H18N4O2S.C16H22N4O2S.C14H20N4O2S.C13H15F3N4O2S/c22-24(23,14-5-2-1-3-6-14)21-11-9-20(10-12-21)17-8-4-7-16-15(17)13-18-19-16;21-23(22,13-4-1-2-5-13)20-10-8-19(9-11-20)16-7-3-6-15-14(16)12-17-18-15;1-2-10-21(19,20)18-8-6-17(7-9-18)14-5-3-4-13-12(14)11-15-16-13;14-13(15,16)9-23(21,22)20-6-4-19(5-7-20)12-3-1-2-11-10(12)8-17-18-11/h1-8,13H,9-12H2,(H,18,19);3,6-7,12-13H,1-2,4-5,8-11H2,(H,17,18);3-5,11H,2,6-10H2,1H3,(H,15,16);1-3,8H,4-7,9H2,(H,17,18). The zero-order chi connectivity index (χ0) is 64.0. The van der Waals surface area contributed by atoms with Crippen LogP contribution in [-0.2, 0) is 40.1 Å². The molecule has 14 rings (SSSR count). The smallest absolute Gasteiger partial charge is 0.368 e. The molecule has 5 aliphatic rings. The lowest BCUT2D eigenvalue weighted by Crippen LogP contribution is -2.50. The molecule has 8 heterocycles. The molecule has 24 nitrogen and oxygen atoms in total. The Morgan fingerprint density at radius 1 is 0.418 bits per heavy atom. The Balaban J connectivity index is 0.000000125. The van der Waals surface area contributed by atoms with Gasteiger partial charge in [0.15, 0.2) is 5.75 Å². The van der Waals surface area contributed by atoms with Gasteiger partial charge in [-0.15, -0.1) is 0 Å². The van der Waals surface area contributed by atoms with E-state index in [2.05, 4.69) is 73.7 Å². The summed E-state index contributed by atoms with van der Waals surface area (Å²) in [5.74, 6) is -1.57. The average Bonchev–Trinajstić information content (AvgIpc) is 2.23. The molecule has 0 unspecified atom stereocenters. The number of nitrogens with one attached hydrogen (secondary N) is 4. The van der Waals surface area contributed by atoms with Gasteiger partial charge in [0.05, 0.1) is 62.8 Å². The molecule has 4 saturated heterocycles. The van der Waals surface area contributed by atoms with E-state index in [9.17, 15) is 46.8 Å². The number of rotatable bonds is 13. The molecule has 488 valence electrons. The van der Waals surface area contributed by atoms with E-state index in [1.54, 1.807) is 43.4 Å². The van der Waals surface area contributed by atoms with Crippen LogP contribution >= 0.6 is 0 Å². The molecule has 0 bridgehead atoms. The molecule has 0 amide bonds. The highest BCUT2D eigenvalue weighted by atomic mass is 32.2. The number of halogens is 3. The molecular weight excluding hydrogens is 1260 g/mol. The van der Waals surface area contributed by atoms with Crippen LogP contribution in [0.5, 0.6) is 0 Å². The first-order chi connectivity index (χ1) is 43.7. The molecular formula is C60H75F3N16O8S4. The van der Waals surface area contributed by atoms with Gasteiger partial charge < -0.3 is 19.6 Å². The first-order valence-corrected chi connectivity index (χ1v) is 36.6. The minimum atomic E-state index is -4.72. The number of nitrogens with zero attached hydrogens (tertiary/aromatic N) is 12. The fourth-order valence-corrected chi connectivity index (χ4v) is 18.8. The van der Waals surface area contributed by atoms with Crippen molar-refractivity contribution in [3.8, 4) is 0 Å². The van der Waals surface area contributed by atoms with Crippen molar-refractivity contribution in [2.45, 2.75) is 55.3 Å². The predicted molar refractivity (Wildman–Crippen MR) is 348 cm³/mol. The van der Waals surface area contributed by atoms with Crippen LogP contribution in [0.15, 0.2) is 133 Å². The molecule has 1 aliphatic carbocycles. The largest absolute Gasteiger partial charge is 0.404 e. The topological polar surface area (TPSA) is 277 Å². The van der Waals surface area contributed by atoms with E-state index in [-0.39, 0.29) is 24.1 Å². The molecule has 91 heavy (non-hydrogen) atoms. The highest BCUT2D eigenvalue weighted by molar-refractivity contribution is 7.90. The van der Waals surface area contributed by atoms with Gasteiger partial charge in [-0.05, 0) is 79.9 Å². The van der Waals surface area contributed by atoms with Crippen molar-refractivity contribution in [1.29, 1.82) is 0 Å². The minimum Gasteiger partial charge on any atom is -0.368 e. The molecule has 9 aromatic rings. The second-order valence-corrected chi connectivity index (χ2v) is 31.1. The second kappa shape index (κ2) is 27.8. The Labute approximate surface area is 527 Å². The van der Waals surface area contributed by atoms with Gasteiger partial charge in [-0.1, -0.05) is 62.2 Å². The van der Waals surface area contributed by atoms with E-state index in [1.807, 2.05) is 91.1 Å². The molecule has 4 N–H and O–H groups in total. The number of hydrogen-bond donors (Lipinski definition) is 4. The van der Waals surface area contributed by atoms with Crippen molar-refractivity contribution < 1.29 is 46.8 Å². The molecule has 0 radical (unpaired) electrons. The molecule has 0 atom stereocenters. The van der Waals surface area contributed by atoms with Crippen molar-refractivity contribution in [3.63, 3.8) is 0 Å². The summed E-state index contributed by atoms with van der Waals surface area (Å²) in [6, 6.07) is 32.4. The lowest BCUT2D eigenvalue weighted by Gasteiger charge is -2.36. The number of fused-ring (bicyclic) bond motifs is 4. The molecule has 31 heteroatoms.